The molecule has 0 bridgehead atoms. The summed E-state index contributed by atoms with van der Waals surface area (Å²) in [5.41, 5.74) is 10.4. The minimum atomic E-state index is -1.10. The lowest BCUT2D eigenvalue weighted by Crippen LogP contribution is -2.49. The van der Waals surface area contributed by atoms with E-state index in [-0.39, 0.29) is 11.2 Å². The van der Waals surface area contributed by atoms with Gasteiger partial charge in [-0.25, -0.2) is 19.9 Å². The number of likely N-dealkylation sites (N-methyl/N-ethyl adjacent to an activating group) is 1. The lowest BCUT2D eigenvalue weighted by molar-refractivity contribution is -0.0550. The van der Waals surface area contributed by atoms with E-state index in [9.17, 15) is 10.2 Å². The number of nitrogens with one attached hydrogen (secondary N) is 1. The van der Waals surface area contributed by atoms with Gasteiger partial charge in [0.05, 0.1) is 17.4 Å². The van der Waals surface area contributed by atoms with Crippen molar-refractivity contribution in [2.45, 2.75) is 89.4 Å². The van der Waals surface area contributed by atoms with Crippen molar-refractivity contribution in [3.05, 3.63) is 42.2 Å². The highest BCUT2D eigenvalue weighted by Gasteiger charge is 2.46. The van der Waals surface area contributed by atoms with Crippen molar-refractivity contribution in [1.82, 2.24) is 34.4 Å². The minimum absolute atomic E-state index is 0.106. The number of benzene rings is 1. The van der Waals surface area contributed by atoms with Gasteiger partial charge in [-0.3, -0.25) is 9.47 Å². The van der Waals surface area contributed by atoms with E-state index in [4.69, 9.17) is 15.5 Å². The van der Waals surface area contributed by atoms with Crippen LogP contribution >= 0.6 is 0 Å². The van der Waals surface area contributed by atoms with E-state index in [1.54, 1.807) is 4.57 Å². The van der Waals surface area contributed by atoms with Crippen LogP contribution in [0.2, 0.25) is 0 Å². The molecule has 2 aliphatic rings. The molecule has 3 aromatic heterocycles. The molecule has 11 nitrogen and oxygen atoms in total. The normalized spacial score (nSPS) is 27.2. The van der Waals surface area contributed by atoms with Crippen LogP contribution in [0, 0.1) is 5.92 Å². The third-order valence-electron chi connectivity index (χ3n) is 8.73. The Kier molecular flexibility index (Phi) is 7.02. The highest BCUT2D eigenvalue weighted by Crippen LogP contribution is 2.37. The van der Waals surface area contributed by atoms with Gasteiger partial charge in [-0.2, -0.15) is 0 Å². The number of imidazole rings is 2. The molecular weight excluding hydrogens is 508 g/mol. The quantitative estimate of drug-likeness (QED) is 0.260. The Balaban J connectivity index is 1.03. The number of aromatic amines is 1. The number of aryl methyl sites for hydroxylation is 1. The van der Waals surface area contributed by atoms with E-state index in [0.29, 0.717) is 29.7 Å². The zero-order chi connectivity index (χ0) is 28.2. The predicted octanol–water partition coefficient (Wildman–Crippen LogP) is 2.93. The van der Waals surface area contributed by atoms with Crippen molar-refractivity contribution in [3.63, 3.8) is 0 Å². The number of rotatable bonds is 8. The number of fused-ring (bicyclic) bond motifs is 2. The number of H-pyrrole nitrogens is 1. The first-order valence-corrected chi connectivity index (χ1v) is 14.3. The van der Waals surface area contributed by atoms with Crippen LogP contribution in [0.3, 0.4) is 0 Å². The number of aromatic nitrogens is 6. The molecule has 0 spiro atoms. The summed E-state index contributed by atoms with van der Waals surface area (Å²) in [6.45, 7) is 10.2. The molecule has 2 fully saturated rings. The van der Waals surface area contributed by atoms with Gasteiger partial charge < -0.3 is 25.7 Å². The molecule has 5 N–H and O–H groups in total. The fourth-order valence-corrected chi connectivity index (χ4v) is 6.15. The minimum Gasteiger partial charge on any atom is -0.387 e. The number of aliphatic hydroxyl groups is 2. The summed E-state index contributed by atoms with van der Waals surface area (Å²) in [6.07, 6.45) is 3.70. The molecule has 1 aromatic carbocycles. The van der Waals surface area contributed by atoms with Crippen LogP contribution < -0.4 is 5.73 Å². The maximum absolute atomic E-state index is 10.9. The molecule has 4 atom stereocenters. The summed E-state index contributed by atoms with van der Waals surface area (Å²) < 4.78 is 7.81. The first-order valence-electron chi connectivity index (χ1n) is 14.3. The second-order valence-electron chi connectivity index (χ2n) is 12.4. The smallest absolute Gasteiger partial charge is 0.167 e. The second-order valence-corrected chi connectivity index (χ2v) is 12.4. The molecule has 0 unspecified atom stereocenters. The number of anilines is 1. The summed E-state index contributed by atoms with van der Waals surface area (Å²) in [5.74, 6) is 1.96. The maximum Gasteiger partial charge on any atom is 0.167 e. The van der Waals surface area contributed by atoms with Crippen LogP contribution in [-0.4, -0.2) is 82.0 Å². The molecule has 0 radical (unpaired) electrons. The lowest BCUT2D eigenvalue weighted by Gasteiger charge is -2.43. The molecular formula is C29H40N8O3. The molecule has 214 valence electrons. The van der Waals surface area contributed by atoms with E-state index < -0.39 is 24.5 Å². The Morgan fingerprint density at radius 1 is 1.15 bits per heavy atom. The lowest BCUT2D eigenvalue weighted by atomic mass is 9.76. The molecule has 11 heteroatoms. The molecule has 0 amide bonds. The zero-order valence-electron chi connectivity index (χ0n) is 23.7. The van der Waals surface area contributed by atoms with Crippen molar-refractivity contribution in [1.29, 1.82) is 0 Å². The first kappa shape index (κ1) is 27.1. The third kappa shape index (κ3) is 4.96. The van der Waals surface area contributed by atoms with Crippen molar-refractivity contribution < 1.29 is 14.9 Å². The fourth-order valence-electron chi connectivity index (χ4n) is 6.15. The van der Waals surface area contributed by atoms with E-state index >= 15 is 0 Å². The topological polar surface area (TPSA) is 151 Å². The summed E-state index contributed by atoms with van der Waals surface area (Å²) in [7, 11) is 0. The Morgan fingerprint density at radius 3 is 2.70 bits per heavy atom. The van der Waals surface area contributed by atoms with Gasteiger partial charge in [-0.1, -0.05) is 33.8 Å². The molecule has 1 aliphatic heterocycles. The average molecular weight is 549 g/mol. The van der Waals surface area contributed by atoms with Crippen LogP contribution in [0.25, 0.3) is 22.2 Å². The highest BCUT2D eigenvalue weighted by molar-refractivity contribution is 5.81. The molecule has 4 aromatic rings. The van der Waals surface area contributed by atoms with Gasteiger partial charge in [0, 0.05) is 19.0 Å². The van der Waals surface area contributed by atoms with Crippen LogP contribution in [0.1, 0.15) is 64.6 Å². The van der Waals surface area contributed by atoms with Crippen molar-refractivity contribution >= 4 is 28.0 Å². The molecule has 40 heavy (non-hydrogen) atoms. The van der Waals surface area contributed by atoms with Crippen LogP contribution in [-0.2, 0) is 16.6 Å². The number of hydrogen-bond donors (Lipinski definition) is 4. The summed E-state index contributed by atoms with van der Waals surface area (Å²) in [6, 6.07) is 6.97. The second kappa shape index (κ2) is 10.4. The Bertz CT molecular complexity index is 1490. The van der Waals surface area contributed by atoms with Gasteiger partial charge >= 0.3 is 0 Å². The van der Waals surface area contributed by atoms with Crippen LogP contribution in [0.15, 0.2) is 30.9 Å². The molecule has 1 saturated carbocycles. The maximum atomic E-state index is 10.9. The van der Waals surface area contributed by atoms with Crippen LogP contribution in [0.5, 0.6) is 0 Å². The van der Waals surface area contributed by atoms with Gasteiger partial charge in [0.2, 0.25) is 0 Å². The highest BCUT2D eigenvalue weighted by atomic mass is 16.6. The van der Waals surface area contributed by atoms with Crippen molar-refractivity contribution in [3.8, 4) is 0 Å². The van der Waals surface area contributed by atoms with Crippen LogP contribution in [0.4, 0.5) is 5.82 Å². The third-order valence-corrected chi connectivity index (χ3v) is 8.73. The van der Waals surface area contributed by atoms with Gasteiger partial charge in [-0.15, -0.1) is 0 Å². The largest absolute Gasteiger partial charge is 0.387 e. The van der Waals surface area contributed by atoms with E-state index in [1.165, 1.54) is 18.2 Å². The monoisotopic (exact) mass is 548 g/mol. The van der Waals surface area contributed by atoms with Gasteiger partial charge in [0.15, 0.2) is 17.7 Å². The number of nitrogen functional groups attached to an aromatic ring is 1. The number of nitrogens with zero attached hydrogens (tertiary/aromatic N) is 6. The van der Waals surface area contributed by atoms with Crippen molar-refractivity contribution in [2.75, 3.05) is 18.8 Å². The van der Waals surface area contributed by atoms with E-state index in [2.05, 4.69) is 70.7 Å². The molecule has 1 aliphatic carbocycles. The van der Waals surface area contributed by atoms with Gasteiger partial charge in [0.25, 0.3) is 0 Å². The zero-order valence-corrected chi connectivity index (χ0v) is 23.7. The van der Waals surface area contributed by atoms with Gasteiger partial charge in [0.1, 0.15) is 36.0 Å². The van der Waals surface area contributed by atoms with E-state index in [0.717, 1.165) is 49.1 Å². The number of nitrogens with two attached hydrogens (primary N) is 1. The van der Waals surface area contributed by atoms with Crippen molar-refractivity contribution in [2.24, 2.45) is 5.92 Å². The van der Waals surface area contributed by atoms with Gasteiger partial charge in [-0.05, 0) is 54.8 Å². The Hall–Kier alpha value is -3.12. The first-order chi connectivity index (χ1) is 19.1. The molecule has 1 saturated heterocycles. The standard InChI is InChI=1S/C29H40N8O3/c1-5-36(13-21-24(38)25(39)28(40-21)37-15-33-23-26(30)31-14-32-27(23)37)18-10-16(11-18)6-9-22-34-19-8-7-17(29(2,3)4)12-20(19)35-22/h7-8,12,14-16,18,21,24-25,28,38-39H,5-6,9-11,13H2,1-4H3,(H,34,35)(H2,30,31,32)/t16-,18+,21-,24-,25-,28-/m1/s1. The predicted molar refractivity (Wildman–Crippen MR) is 153 cm³/mol. The number of aliphatic hydroxyl groups excluding tert-OH is 2. The number of hydrogen-bond acceptors (Lipinski definition) is 9. The Labute approximate surface area is 233 Å². The summed E-state index contributed by atoms with van der Waals surface area (Å²) in [4.78, 5) is 23.2. The summed E-state index contributed by atoms with van der Waals surface area (Å²) >= 11 is 0. The SMILES string of the molecule is CCN(C[C@H]1O[C@@H](n2cnc3c(N)ncnc32)[C@H](O)[C@@H]1O)[C@H]1C[C@@H](CCc2nc3cc(C(C)(C)C)ccc3[nH]2)C1. The molecule has 6 rings (SSSR count). The number of ether oxygens (including phenoxy) is 1. The summed E-state index contributed by atoms with van der Waals surface area (Å²) in [5, 5.41) is 21.7. The molecule has 4 heterocycles. The average Bonchev–Trinajstić information content (AvgIpc) is 3.58. The fraction of sp³-hybridized carbons (Fsp3) is 0.586. The Morgan fingerprint density at radius 2 is 1.95 bits per heavy atom. The van der Waals surface area contributed by atoms with E-state index in [1.807, 2.05) is 0 Å².